The first-order valence-corrected chi connectivity index (χ1v) is 6.17. The average molecular weight is 242 g/mol. The Hall–Kier alpha value is -1.10. The number of amides is 2. The van der Waals surface area contributed by atoms with Gasteiger partial charge in [-0.15, -0.1) is 0 Å². The van der Waals surface area contributed by atoms with Crippen molar-refractivity contribution in [2.45, 2.75) is 26.2 Å². The second-order valence-corrected chi connectivity index (χ2v) is 4.44. The fourth-order valence-electron chi connectivity index (χ4n) is 2.05. The number of ether oxygens (including phenoxy) is 1. The lowest BCUT2D eigenvalue weighted by molar-refractivity contribution is -0.133. The van der Waals surface area contributed by atoms with Crippen LogP contribution in [-0.2, 0) is 14.3 Å². The van der Waals surface area contributed by atoms with Crippen molar-refractivity contribution >= 4 is 11.8 Å². The highest BCUT2D eigenvalue weighted by Gasteiger charge is 2.26. The number of rotatable bonds is 5. The maximum atomic E-state index is 11.8. The molecule has 5 nitrogen and oxygen atoms in total. The summed E-state index contributed by atoms with van der Waals surface area (Å²) in [5.41, 5.74) is 0. The van der Waals surface area contributed by atoms with Gasteiger partial charge in [0.25, 0.3) is 0 Å². The number of hydrogen-bond acceptors (Lipinski definition) is 3. The van der Waals surface area contributed by atoms with Gasteiger partial charge in [0.05, 0.1) is 5.92 Å². The van der Waals surface area contributed by atoms with Gasteiger partial charge in [-0.05, 0) is 19.3 Å². The summed E-state index contributed by atoms with van der Waals surface area (Å²) in [6, 6.07) is 0. The van der Waals surface area contributed by atoms with E-state index < -0.39 is 0 Å². The van der Waals surface area contributed by atoms with Crippen LogP contribution in [0.5, 0.6) is 0 Å². The third-order valence-corrected chi connectivity index (χ3v) is 3.06. The monoisotopic (exact) mass is 242 g/mol. The molecule has 17 heavy (non-hydrogen) atoms. The SMILES string of the molecule is COCCCNC(=O)C1CCCN(C(C)=O)C1. The van der Waals surface area contributed by atoms with Crippen LogP contribution in [0, 0.1) is 5.92 Å². The first-order valence-electron chi connectivity index (χ1n) is 6.17. The molecule has 2 amide bonds. The highest BCUT2D eigenvalue weighted by atomic mass is 16.5. The van der Waals surface area contributed by atoms with E-state index in [4.69, 9.17) is 4.74 Å². The van der Waals surface area contributed by atoms with E-state index >= 15 is 0 Å². The molecule has 1 atom stereocenters. The number of likely N-dealkylation sites (tertiary alicyclic amines) is 1. The molecule has 0 bridgehead atoms. The van der Waals surface area contributed by atoms with Gasteiger partial charge in [0.15, 0.2) is 0 Å². The van der Waals surface area contributed by atoms with Crippen LogP contribution in [0.3, 0.4) is 0 Å². The Morgan fingerprint density at radius 3 is 2.88 bits per heavy atom. The van der Waals surface area contributed by atoms with Crippen molar-refractivity contribution in [1.29, 1.82) is 0 Å². The van der Waals surface area contributed by atoms with Crippen LogP contribution >= 0.6 is 0 Å². The quantitative estimate of drug-likeness (QED) is 0.710. The topological polar surface area (TPSA) is 58.6 Å². The van der Waals surface area contributed by atoms with Crippen LogP contribution in [-0.4, -0.2) is 50.1 Å². The van der Waals surface area contributed by atoms with Gasteiger partial charge in [-0.3, -0.25) is 9.59 Å². The molecule has 0 aromatic heterocycles. The predicted octanol–water partition coefficient (Wildman–Crippen LogP) is 0.398. The molecule has 0 radical (unpaired) electrons. The number of carbonyl (C=O) groups is 2. The fourth-order valence-corrected chi connectivity index (χ4v) is 2.05. The number of nitrogens with zero attached hydrogens (tertiary/aromatic N) is 1. The molecule has 1 rings (SSSR count). The molecule has 5 heteroatoms. The second kappa shape index (κ2) is 7.27. The summed E-state index contributed by atoms with van der Waals surface area (Å²) < 4.78 is 4.91. The number of hydrogen-bond donors (Lipinski definition) is 1. The van der Waals surface area contributed by atoms with Gasteiger partial charge >= 0.3 is 0 Å². The number of carbonyl (C=O) groups excluding carboxylic acids is 2. The van der Waals surface area contributed by atoms with Crippen molar-refractivity contribution in [1.82, 2.24) is 10.2 Å². The Morgan fingerprint density at radius 2 is 2.24 bits per heavy atom. The van der Waals surface area contributed by atoms with Crippen molar-refractivity contribution < 1.29 is 14.3 Å². The van der Waals surface area contributed by atoms with Gasteiger partial charge in [-0.25, -0.2) is 0 Å². The van der Waals surface area contributed by atoms with Crippen LogP contribution in [0.15, 0.2) is 0 Å². The molecule has 1 aliphatic rings. The predicted molar refractivity (Wildman–Crippen MR) is 64.5 cm³/mol. The number of piperidine rings is 1. The third-order valence-electron chi connectivity index (χ3n) is 3.06. The molecule has 0 spiro atoms. The van der Waals surface area contributed by atoms with Crippen LogP contribution in [0.25, 0.3) is 0 Å². The average Bonchev–Trinajstić information content (AvgIpc) is 2.34. The van der Waals surface area contributed by atoms with Crippen LogP contribution in [0.1, 0.15) is 26.2 Å². The minimum atomic E-state index is -0.0461. The smallest absolute Gasteiger partial charge is 0.224 e. The summed E-state index contributed by atoms with van der Waals surface area (Å²) in [6.45, 7) is 4.20. The Morgan fingerprint density at radius 1 is 1.47 bits per heavy atom. The Kier molecular flexibility index (Phi) is 5.97. The number of nitrogens with one attached hydrogen (secondary N) is 1. The molecule has 0 aromatic carbocycles. The minimum absolute atomic E-state index is 0.0461. The molecule has 1 fully saturated rings. The summed E-state index contributed by atoms with van der Waals surface area (Å²) in [6.07, 6.45) is 2.61. The Bertz CT molecular complexity index is 268. The van der Waals surface area contributed by atoms with Crippen molar-refractivity contribution in [3.8, 4) is 0 Å². The number of methoxy groups -OCH3 is 1. The Labute approximate surface area is 102 Å². The Balaban J connectivity index is 2.28. The van der Waals surface area contributed by atoms with Crippen LogP contribution < -0.4 is 5.32 Å². The zero-order valence-corrected chi connectivity index (χ0v) is 10.7. The molecule has 1 unspecified atom stereocenters. The van der Waals surface area contributed by atoms with E-state index in [1.54, 1.807) is 18.9 Å². The van der Waals surface area contributed by atoms with Crippen molar-refractivity contribution in [2.75, 3.05) is 33.4 Å². The molecule has 0 aromatic rings. The fraction of sp³-hybridized carbons (Fsp3) is 0.833. The highest BCUT2D eigenvalue weighted by Crippen LogP contribution is 2.16. The molecule has 1 saturated heterocycles. The molecule has 1 aliphatic heterocycles. The van der Waals surface area contributed by atoms with Crippen molar-refractivity contribution in [3.05, 3.63) is 0 Å². The largest absolute Gasteiger partial charge is 0.385 e. The molecule has 98 valence electrons. The molecule has 1 heterocycles. The first-order chi connectivity index (χ1) is 8.15. The highest BCUT2D eigenvalue weighted by molar-refractivity contribution is 5.80. The van der Waals surface area contributed by atoms with Gasteiger partial charge in [0.1, 0.15) is 0 Å². The summed E-state index contributed by atoms with van der Waals surface area (Å²) in [7, 11) is 1.65. The van der Waals surface area contributed by atoms with Crippen LogP contribution in [0.4, 0.5) is 0 Å². The first kappa shape index (κ1) is 14.0. The van der Waals surface area contributed by atoms with Gasteiger partial charge in [-0.2, -0.15) is 0 Å². The van der Waals surface area contributed by atoms with Crippen molar-refractivity contribution in [3.63, 3.8) is 0 Å². The maximum absolute atomic E-state index is 11.8. The standard InChI is InChI=1S/C12H22N2O3/c1-10(15)14-7-3-5-11(9-14)12(16)13-6-4-8-17-2/h11H,3-9H2,1-2H3,(H,13,16). The van der Waals surface area contributed by atoms with E-state index in [-0.39, 0.29) is 17.7 Å². The molecular weight excluding hydrogens is 220 g/mol. The maximum Gasteiger partial charge on any atom is 0.224 e. The van der Waals surface area contributed by atoms with Gasteiger partial charge in [-0.1, -0.05) is 0 Å². The second-order valence-electron chi connectivity index (χ2n) is 4.44. The molecule has 1 N–H and O–H groups in total. The minimum Gasteiger partial charge on any atom is -0.385 e. The molecule has 0 aliphatic carbocycles. The van der Waals surface area contributed by atoms with Gasteiger partial charge in [0, 0.05) is 40.3 Å². The van der Waals surface area contributed by atoms with E-state index in [1.165, 1.54) is 0 Å². The summed E-state index contributed by atoms with van der Waals surface area (Å²) in [4.78, 5) is 24.8. The summed E-state index contributed by atoms with van der Waals surface area (Å²) in [5, 5.41) is 2.89. The van der Waals surface area contributed by atoms with Gasteiger partial charge in [0.2, 0.25) is 11.8 Å². The van der Waals surface area contributed by atoms with E-state index in [0.717, 1.165) is 25.8 Å². The summed E-state index contributed by atoms with van der Waals surface area (Å²) in [5.74, 6) is 0.0733. The zero-order chi connectivity index (χ0) is 12.7. The normalized spacial score (nSPS) is 20.1. The molecule has 0 saturated carbocycles. The van der Waals surface area contributed by atoms with Gasteiger partial charge < -0.3 is 15.0 Å². The van der Waals surface area contributed by atoms with Crippen LogP contribution in [0.2, 0.25) is 0 Å². The zero-order valence-electron chi connectivity index (χ0n) is 10.7. The van der Waals surface area contributed by atoms with Crippen molar-refractivity contribution in [2.24, 2.45) is 5.92 Å². The molecular formula is C12H22N2O3. The summed E-state index contributed by atoms with van der Waals surface area (Å²) >= 11 is 0. The lowest BCUT2D eigenvalue weighted by Crippen LogP contribution is -2.44. The van der Waals surface area contributed by atoms with E-state index in [2.05, 4.69) is 5.32 Å². The lowest BCUT2D eigenvalue weighted by atomic mass is 9.97. The lowest BCUT2D eigenvalue weighted by Gasteiger charge is -2.31. The van der Waals surface area contributed by atoms with E-state index in [0.29, 0.717) is 19.7 Å². The van der Waals surface area contributed by atoms with E-state index in [9.17, 15) is 9.59 Å². The van der Waals surface area contributed by atoms with E-state index in [1.807, 2.05) is 0 Å². The third kappa shape index (κ3) is 4.73.